The fourth-order valence-corrected chi connectivity index (χ4v) is 4.66. The molecular weight excluding hydrogens is 470 g/mol. The number of nitrogens with zero attached hydrogens (tertiary/aromatic N) is 3. The Kier molecular flexibility index (Phi) is 8.88. The fourth-order valence-electron chi connectivity index (χ4n) is 3.98. The predicted molar refractivity (Wildman–Crippen MR) is 146 cm³/mol. The fraction of sp³-hybridized carbons (Fsp3) is 0.483. The van der Waals surface area contributed by atoms with E-state index >= 15 is 0 Å². The number of ether oxygens (including phenoxy) is 1. The zero-order valence-corrected chi connectivity index (χ0v) is 23.4. The number of hydrogen-bond acceptors (Lipinski definition) is 5. The summed E-state index contributed by atoms with van der Waals surface area (Å²) in [5, 5.41) is 18.6. The molecule has 1 aromatic heterocycles. The molecule has 0 fully saturated rings. The van der Waals surface area contributed by atoms with Gasteiger partial charge in [-0.15, -0.1) is 10.2 Å². The number of rotatable bonds is 12. The van der Waals surface area contributed by atoms with E-state index in [0.717, 1.165) is 36.0 Å². The van der Waals surface area contributed by atoms with Crippen molar-refractivity contribution in [1.29, 1.82) is 0 Å². The van der Waals surface area contributed by atoms with Gasteiger partial charge < -0.3 is 9.84 Å². The lowest BCUT2D eigenvalue weighted by molar-refractivity contribution is -0.133. The molecule has 3 aromatic rings. The molecule has 0 aliphatic rings. The van der Waals surface area contributed by atoms with Crippen LogP contribution < -0.4 is 4.74 Å². The van der Waals surface area contributed by atoms with Crippen molar-refractivity contribution in [3.8, 4) is 11.4 Å². The van der Waals surface area contributed by atoms with Gasteiger partial charge in [0.25, 0.3) is 0 Å². The molecule has 7 heteroatoms. The maximum Gasteiger partial charge on any atom is 0.313 e. The molecule has 1 N–H and O–H groups in total. The number of carbonyl (C=O) groups is 1. The van der Waals surface area contributed by atoms with E-state index in [1.54, 1.807) is 0 Å². The van der Waals surface area contributed by atoms with Crippen molar-refractivity contribution in [2.75, 3.05) is 5.75 Å². The van der Waals surface area contributed by atoms with Crippen molar-refractivity contribution in [2.24, 2.45) is 0 Å². The molecule has 0 saturated carbocycles. The molecule has 1 unspecified atom stereocenters. The molecule has 0 aliphatic carbocycles. The summed E-state index contributed by atoms with van der Waals surface area (Å²) in [6, 6.07) is 16.4. The highest BCUT2D eigenvalue weighted by Gasteiger charge is 2.29. The summed E-state index contributed by atoms with van der Waals surface area (Å²) in [4.78, 5) is 11.2. The van der Waals surface area contributed by atoms with Crippen LogP contribution in [0.5, 0.6) is 5.75 Å². The van der Waals surface area contributed by atoms with Crippen LogP contribution in [-0.2, 0) is 15.6 Å². The van der Waals surface area contributed by atoms with E-state index in [-0.39, 0.29) is 22.7 Å². The van der Waals surface area contributed by atoms with Crippen LogP contribution in [-0.4, -0.2) is 31.6 Å². The smallest absolute Gasteiger partial charge is 0.313 e. The van der Waals surface area contributed by atoms with Crippen LogP contribution in [0, 0.1) is 0 Å². The molecule has 0 spiro atoms. The number of para-hydroxylation sites is 1. The molecule has 194 valence electrons. The van der Waals surface area contributed by atoms with E-state index < -0.39 is 5.97 Å². The average molecular weight is 510 g/mol. The van der Waals surface area contributed by atoms with Gasteiger partial charge >= 0.3 is 5.97 Å². The summed E-state index contributed by atoms with van der Waals surface area (Å²) in [6.07, 6.45) is 2.36. The first kappa shape index (κ1) is 27.8. The van der Waals surface area contributed by atoms with Crippen LogP contribution in [0.1, 0.15) is 90.8 Å². The van der Waals surface area contributed by atoms with Gasteiger partial charge in [-0.05, 0) is 53.9 Å². The Bertz CT molecular complexity index is 1170. The first-order valence-electron chi connectivity index (χ1n) is 12.7. The molecule has 0 aliphatic heterocycles. The van der Waals surface area contributed by atoms with Crippen molar-refractivity contribution >= 4 is 17.7 Å². The summed E-state index contributed by atoms with van der Waals surface area (Å²) in [7, 11) is 0. The highest BCUT2D eigenvalue weighted by molar-refractivity contribution is 7.99. The second kappa shape index (κ2) is 11.5. The number of hydrogen-bond donors (Lipinski definition) is 1. The van der Waals surface area contributed by atoms with E-state index in [1.807, 2.05) is 34.9 Å². The third-order valence-corrected chi connectivity index (χ3v) is 8.10. The van der Waals surface area contributed by atoms with Gasteiger partial charge in [0, 0.05) is 11.3 Å². The number of thioether (sulfide) groups is 1. The Balaban J connectivity index is 2.08. The highest BCUT2D eigenvalue weighted by atomic mass is 32.2. The quantitative estimate of drug-likeness (QED) is 0.257. The Morgan fingerprint density at radius 1 is 1.00 bits per heavy atom. The van der Waals surface area contributed by atoms with Crippen LogP contribution in [0.25, 0.3) is 5.69 Å². The van der Waals surface area contributed by atoms with Gasteiger partial charge in [0.2, 0.25) is 0 Å². The van der Waals surface area contributed by atoms with Crippen LogP contribution in [0.3, 0.4) is 0 Å². The molecule has 1 atom stereocenters. The van der Waals surface area contributed by atoms with Crippen LogP contribution in [0.15, 0.2) is 53.7 Å². The largest absolute Gasteiger partial charge is 0.482 e. The monoisotopic (exact) mass is 509 g/mol. The number of aliphatic carboxylic acids is 1. The van der Waals surface area contributed by atoms with Gasteiger partial charge in [-0.3, -0.25) is 9.36 Å². The molecule has 0 radical (unpaired) electrons. The third kappa shape index (κ3) is 6.12. The number of benzene rings is 2. The second-order valence-corrected chi connectivity index (χ2v) is 11.3. The molecule has 36 heavy (non-hydrogen) atoms. The van der Waals surface area contributed by atoms with Crippen LogP contribution in [0.4, 0.5) is 0 Å². The van der Waals surface area contributed by atoms with Crippen molar-refractivity contribution in [3.63, 3.8) is 0 Å². The number of carboxylic acid groups (broad SMARTS) is 1. The number of carboxylic acids is 1. The Morgan fingerprint density at radius 2 is 1.67 bits per heavy atom. The van der Waals surface area contributed by atoms with E-state index in [4.69, 9.17) is 4.74 Å². The summed E-state index contributed by atoms with van der Waals surface area (Å²) in [5.74, 6) is 0.530. The molecule has 6 nitrogen and oxygen atoms in total. The van der Waals surface area contributed by atoms with Crippen LogP contribution >= 0.6 is 11.8 Å². The molecular formula is C29H39N3O3S. The minimum atomic E-state index is -0.894. The molecule has 2 aromatic carbocycles. The summed E-state index contributed by atoms with van der Waals surface area (Å²) >= 11 is 1.16. The first-order chi connectivity index (χ1) is 17.0. The second-order valence-electron chi connectivity index (χ2n) is 10.4. The van der Waals surface area contributed by atoms with E-state index in [1.165, 1.54) is 11.1 Å². The lowest BCUT2D eigenvalue weighted by atomic mass is 9.76. The first-order valence-corrected chi connectivity index (χ1v) is 13.7. The Morgan fingerprint density at radius 3 is 2.25 bits per heavy atom. The van der Waals surface area contributed by atoms with Crippen LogP contribution in [0.2, 0.25) is 0 Å². The predicted octanol–water partition coefficient (Wildman–Crippen LogP) is 7.35. The molecule has 0 amide bonds. The highest BCUT2D eigenvalue weighted by Crippen LogP contribution is 2.40. The van der Waals surface area contributed by atoms with Gasteiger partial charge in [0.1, 0.15) is 5.75 Å². The maximum absolute atomic E-state index is 11.2. The van der Waals surface area contributed by atoms with E-state index in [0.29, 0.717) is 17.4 Å². The van der Waals surface area contributed by atoms with E-state index in [9.17, 15) is 9.90 Å². The molecule has 3 rings (SSSR count). The molecule has 0 bridgehead atoms. The standard InChI is InChI=1S/C29H39N3O3S/c1-8-23(26-30-31-27(36-19-25(33)34)32(26)21-14-12-11-13-15-21)35-24-17-16-20(28(4,5)9-2)18-22(24)29(6,7)10-3/h11-18,23H,8-10,19H2,1-7H3,(H,33,34). The zero-order valence-electron chi connectivity index (χ0n) is 22.5. The SMILES string of the molecule is CCC(Oc1ccc(C(C)(C)CC)cc1C(C)(C)CC)c1nnc(SCC(=O)O)n1-c1ccccc1. The normalized spacial score (nSPS) is 13.0. The maximum atomic E-state index is 11.2. The average Bonchev–Trinajstić information content (AvgIpc) is 3.30. The summed E-state index contributed by atoms with van der Waals surface area (Å²) < 4.78 is 8.64. The van der Waals surface area contributed by atoms with Crippen molar-refractivity contribution in [1.82, 2.24) is 14.8 Å². The van der Waals surface area contributed by atoms with Gasteiger partial charge in [0.15, 0.2) is 17.1 Å². The van der Waals surface area contributed by atoms with Crippen molar-refractivity contribution < 1.29 is 14.6 Å². The topological polar surface area (TPSA) is 77.2 Å². The van der Waals surface area contributed by atoms with E-state index in [2.05, 4.69) is 76.9 Å². The number of aromatic nitrogens is 3. The third-order valence-electron chi connectivity index (χ3n) is 7.18. The van der Waals surface area contributed by atoms with Crippen molar-refractivity contribution in [2.45, 2.75) is 89.8 Å². The van der Waals surface area contributed by atoms with Gasteiger partial charge in [-0.1, -0.05) is 90.6 Å². The minimum absolute atomic E-state index is 0.0664. The lowest BCUT2D eigenvalue weighted by Gasteiger charge is -2.31. The summed E-state index contributed by atoms with van der Waals surface area (Å²) in [6.45, 7) is 15.6. The van der Waals surface area contributed by atoms with Crippen molar-refractivity contribution in [3.05, 3.63) is 65.5 Å². The Labute approximate surface area is 219 Å². The molecule has 1 heterocycles. The van der Waals surface area contributed by atoms with Gasteiger partial charge in [-0.2, -0.15) is 0 Å². The van der Waals surface area contributed by atoms with Gasteiger partial charge in [0.05, 0.1) is 5.75 Å². The Hall–Kier alpha value is -2.80. The molecule has 0 saturated heterocycles. The summed E-state index contributed by atoms with van der Waals surface area (Å²) in [5.41, 5.74) is 3.38. The zero-order chi connectivity index (χ0) is 26.5. The lowest BCUT2D eigenvalue weighted by Crippen LogP contribution is -2.22. The minimum Gasteiger partial charge on any atom is -0.482 e. The van der Waals surface area contributed by atoms with Gasteiger partial charge in [-0.25, -0.2) is 0 Å².